The summed E-state index contributed by atoms with van der Waals surface area (Å²) in [4.78, 5) is 16.5. The number of aromatic nitrogens is 3. The second-order valence-corrected chi connectivity index (χ2v) is 8.39. The topological polar surface area (TPSA) is 67.8 Å². The molecule has 2 heterocycles. The van der Waals surface area contributed by atoms with Crippen LogP contribution in [0.25, 0.3) is 10.2 Å². The highest BCUT2D eigenvalue weighted by Crippen LogP contribution is 2.25. The van der Waals surface area contributed by atoms with Crippen LogP contribution in [0.1, 0.15) is 24.8 Å². The van der Waals surface area contributed by atoms with Crippen LogP contribution in [0.5, 0.6) is 0 Å². The smallest absolute Gasteiger partial charge is 0.226 e. The molecule has 0 bridgehead atoms. The van der Waals surface area contributed by atoms with Crippen LogP contribution in [-0.2, 0) is 11.2 Å². The minimum Gasteiger partial charge on any atom is -0.301 e. The number of fused-ring (bicyclic) bond motifs is 1. The van der Waals surface area contributed by atoms with Crippen LogP contribution < -0.4 is 5.32 Å². The van der Waals surface area contributed by atoms with Crippen LogP contribution in [0.2, 0.25) is 0 Å². The van der Waals surface area contributed by atoms with Crippen molar-refractivity contribution in [1.82, 2.24) is 15.2 Å². The van der Waals surface area contributed by atoms with Gasteiger partial charge in [-0.1, -0.05) is 42.2 Å². The Bertz CT molecular complexity index is 766. The van der Waals surface area contributed by atoms with Crippen molar-refractivity contribution in [2.24, 2.45) is 0 Å². The predicted molar refractivity (Wildman–Crippen MR) is 97.5 cm³/mol. The third-order valence-corrected chi connectivity index (χ3v) is 6.00. The molecule has 0 fully saturated rings. The lowest BCUT2D eigenvalue weighted by molar-refractivity contribution is -0.116. The van der Waals surface area contributed by atoms with Crippen molar-refractivity contribution in [1.29, 1.82) is 0 Å². The van der Waals surface area contributed by atoms with Crippen molar-refractivity contribution in [3.63, 3.8) is 0 Å². The second-order valence-electron chi connectivity index (χ2n) is 4.78. The van der Waals surface area contributed by atoms with Gasteiger partial charge in [-0.05, 0) is 30.7 Å². The van der Waals surface area contributed by atoms with Crippen LogP contribution in [0.15, 0.2) is 28.6 Å². The van der Waals surface area contributed by atoms with Crippen LogP contribution >= 0.6 is 34.4 Å². The Balaban J connectivity index is 1.46. The number of nitrogens with zero attached hydrogens (tertiary/aromatic N) is 3. The predicted octanol–water partition coefficient (Wildman–Crippen LogP) is 4.22. The van der Waals surface area contributed by atoms with Gasteiger partial charge < -0.3 is 5.32 Å². The number of amides is 1. The lowest BCUT2D eigenvalue weighted by Gasteiger charge is -1.99. The number of para-hydroxylation sites is 1. The molecule has 3 rings (SSSR count). The zero-order valence-electron chi connectivity index (χ0n) is 12.6. The van der Waals surface area contributed by atoms with Gasteiger partial charge in [-0.2, -0.15) is 0 Å². The summed E-state index contributed by atoms with van der Waals surface area (Å²) in [5.41, 5.74) is 1.03. The van der Waals surface area contributed by atoms with Gasteiger partial charge in [0.15, 0.2) is 4.34 Å². The minimum absolute atomic E-state index is 0.0182. The van der Waals surface area contributed by atoms with E-state index in [1.807, 2.05) is 18.2 Å². The molecular weight excluding hydrogens is 348 g/mol. The second kappa shape index (κ2) is 7.85. The van der Waals surface area contributed by atoms with E-state index in [9.17, 15) is 4.79 Å². The molecule has 1 N–H and O–H groups in total. The van der Waals surface area contributed by atoms with Gasteiger partial charge in [0.1, 0.15) is 0 Å². The lowest BCUT2D eigenvalue weighted by Crippen LogP contribution is -2.11. The summed E-state index contributed by atoms with van der Waals surface area (Å²) in [6.45, 7) is 2.06. The Labute approximate surface area is 146 Å². The summed E-state index contributed by atoms with van der Waals surface area (Å²) in [6, 6.07) is 8.10. The number of anilines is 1. The Morgan fingerprint density at radius 3 is 2.96 bits per heavy atom. The zero-order chi connectivity index (χ0) is 16.1. The van der Waals surface area contributed by atoms with E-state index in [2.05, 4.69) is 33.5 Å². The van der Waals surface area contributed by atoms with E-state index in [1.165, 1.54) is 16.0 Å². The van der Waals surface area contributed by atoms with Crippen molar-refractivity contribution in [2.75, 3.05) is 11.1 Å². The van der Waals surface area contributed by atoms with Gasteiger partial charge in [-0.15, -0.1) is 21.5 Å². The molecule has 0 aliphatic rings. The largest absolute Gasteiger partial charge is 0.301 e. The molecule has 1 amide bonds. The third-order valence-electron chi connectivity index (χ3n) is 3.05. The van der Waals surface area contributed by atoms with E-state index in [-0.39, 0.29) is 5.91 Å². The molecule has 23 heavy (non-hydrogen) atoms. The highest BCUT2D eigenvalue weighted by molar-refractivity contribution is 8.01. The van der Waals surface area contributed by atoms with Crippen molar-refractivity contribution in [2.45, 2.75) is 30.5 Å². The van der Waals surface area contributed by atoms with E-state index in [0.29, 0.717) is 11.6 Å². The first-order valence-electron chi connectivity index (χ1n) is 7.35. The number of aryl methyl sites for hydroxylation is 1. The highest BCUT2D eigenvalue weighted by Gasteiger charge is 2.09. The van der Waals surface area contributed by atoms with Crippen molar-refractivity contribution >= 4 is 55.7 Å². The molecule has 0 aliphatic heterocycles. The number of carbonyl (C=O) groups excluding carboxylic acids is 1. The van der Waals surface area contributed by atoms with Crippen LogP contribution in [-0.4, -0.2) is 26.8 Å². The van der Waals surface area contributed by atoms with Gasteiger partial charge in [-0.25, -0.2) is 4.98 Å². The highest BCUT2D eigenvalue weighted by atomic mass is 32.2. The van der Waals surface area contributed by atoms with Crippen LogP contribution in [0.4, 0.5) is 5.13 Å². The monoisotopic (exact) mass is 364 g/mol. The van der Waals surface area contributed by atoms with E-state index >= 15 is 0 Å². The molecule has 2 aromatic heterocycles. The van der Waals surface area contributed by atoms with Crippen molar-refractivity contribution in [3.05, 3.63) is 29.3 Å². The fourth-order valence-electron chi connectivity index (χ4n) is 2.05. The standard InChI is InChI=1S/C15H16N4OS3/c1-2-21-15-19-18-14(23-15)17-12(20)8-5-9-13-16-10-6-3-4-7-11(10)22-13/h3-4,6-7H,2,5,8-9H2,1H3,(H,17,18,20). The van der Waals surface area contributed by atoms with E-state index in [1.54, 1.807) is 23.1 Å². The molecule has 0 unspecified atom stereocenters. The summed E-state index contributed by atoms with van der Waals surface area (Å²) < 4.78 is 2.08. The summed E-state index contributed by atoms with van der Waals surface area (Å²) >= 11 is 4.74. The molecule has 0 aliphatic carbocycles. The molecule has 5 nitrogen and oxygen atoms in total. The maximum absolute atomic E-state index is 11.9. The third kappa shape index (κ3) is 4.49. The Morgan fingerprint density at radius 2 is 2.13 bits per heavy atom. The zero-order valence-corrected chi connectivity index (χ0v) is 15.1. The summed E-state index contributed by atoms with van der Waals surface area (Å²) in [7, 11) is 0. The average Bonchev–Trinajstić information content (AvgIpc) is 3.14. The van der Waals surface area contributed by atoms with E-state index in [4.69, 9.17) is 0 Å². The number of thiazole rings is 1. The van der Waals surface area contributed by atoms with Gasteiger partial charge in [0.25, 0.3) is 0 Å². The quantitative estimate of drug-likeness (QED) is 0.502. The first-order valence-corrected chi connectivity index (χ1v) is 9.97. The van der Waals surface area contributed by atoms with Crippen LogP contribution in [0.3, 0.4) is 0 Å². The van der Waals surface area contributed by atoms with Crippen LogP contribution in [0, 0.1) is 0 Å². The molecule has 3 aromatic rings. The number of hydrogen-bond donors (Lipinski definition) is 1. The molecule has 0 radical (unpaired) electrons. The average molecular weight is 365 g/mol. The molecule has 8 heteroatoms. The summed E-state index contributed by atoms with van der Waals surface area (Å²) in [5.74, 6) is 0.931. The first kappa shape index (κ1) is 16.4. The molecule has 120 valence electrons. The van der Waals surface area contributed by atoms with Gasteiger partial charge in [0.05, 0.1) is 15.2 Å². The number of rotatable bonds is 7. The SMILES string of the molecule is CCSc1nnc(NC(=O)CCCc2nc3ccccc3s2)s1. The first-order chi connectivity index (χ1) is 11.2. The van der Waals surface area contributed by atoms with Gasteiger partial charge in [0.2, 0.25) is 11.0 Å². The van der Waals surface area contributed by atoms with E-state index < -0.39 is 0 Å². The molecule has 0 saturated heterocycles. The fourth-order valence-corrected chi connectivity index (χ4v) is 4.73. The van der Waals surface area contributed by atoms with Gasteiger partial charge >= 0.3 is 0 Å². The van der Waals surface area contributed by atoms with Gasteiger partial charge in [0, 0.05) is 6.42 Å². The van der Waals surface area contributed by atoms with Crippen molar-refractivity contribution < 1.29 is 4.79 Å². The summed E-state index contributed by atoms with van der Waals surface area (Å²) in [5, 5.41) is 12.5. The maximum atomic E-state index is 11.9. The molecule has 0 saturated carbocycles. The number of benzene rings is 1. The number of nitrogens with one attached hydrogen (secondary N) is 1. The Kier molecular flexibility index (Phi) is 5.58. The Morgan fingerprint density at radius 1 is 1.26 bits per heavy atom. The molecule has 0 spiro atoms. The number of thioether (sulfide) groups is 1. The summed E-state index contributed by atoms with van der Waals surface area (Å²) in [6.07, 6.45) is 2.06. The fraction of sp³-hybridized carbons (Fsp3) is 0.333. The molecular formula is C15H16N4OS3. The lowest BCUT2D eigenvalue weighted by atomic mass is 10.2. The minimum atomic E-state index is -0.0182. The molecule has 0 atom stereocenters. The van der Waals surface area contributed by atoms with Gasteiger partial charge in [-0.3, -0.25) is 4.79 Å². The normalized spacial score (nSPS) is 11.0. The molecule has 1 aromatic carbocycles. The number of hydrogen-bond acceptors (Lipinski definition) is 7. The van der Waals surface area contributed by atoms with E-state index in [0.717, 1.165) is 33.5 Å². The number of carbonyl (C=O) groups is 1. The Hall–Kier alpha value is -1.51. The van der Waals surface area contributed by atoms with Crippen molar-refractivity contribution in [3.8, 4) is 0 Å². The maximum Gasteiger partial charge on any atom is 0.226 e.